The van der Waals surface area contributed by atoms with Gasteiger partial charge in [0.25, 0.3) is 5.56 Å². The molecule has 8 heteroatoms. The molecule has 2 aromatic rings. The summed E-state index contributed by atoms with van der Waals surface area (Å²) in [6, 6.07) is 0. The molecular formula is C13H18N5O2Y-. The van der Waals surface area contributed by atoms with Gasteiger partial charge in [-0.1, -0.05) is 20.3 Å². The van der Waals surface area contributed by atoms with E-state index in [4.69, 9.17) is 10.5 Å². The number of ether oxygens (including phenoxy) is 1. The van der Waals surface area contributed by atoms with Gasteiger partial charge in [-0.15, -0.1) is 5.92 Å². The molecule has 0 unspecified atom stereocenters. The molecule has 7 nitrogen and oxygen atoms in total. The summed E-state index contributed by atoms with van der Waals surface area (Å²) in [4.78, 5) is 22.5. The average molecular weight is 365 g/mol. The molecule has 3 atom stereocenters. The summed E-state index contributed by atoms with van der Waals surface area (Å²) >= 11 is 0. The van der Waals surface area contributed by atoms with Gasteiger partial charge in [0.2, 0.25) is 5.95 Å². The molecule has 1 saturated heterocycles. The fourth-order valence-corrected chi connectivity index (χ4v) is 2.75. The fourth-order valence-electron chi connectivity index (χ4n) is 2.75. The quantitative estimate of drug-likeness (QED) is 0.798. The van der Waals surface area contributed by atoms with E-state index in [9.17, 15) is 4.79 Å². The van der Waals surface area contributed by atoms with Crippen LogP contribution in [0.5, 0.6) is 0 Å². The first-order valence-electron chi connectivity index (χ1n) is 6.86. The predicted octanol–water partition coefficient (Wildman–Crippen LogP) is 1.24. The maximum absolute atomic E-state index is 11.8. The number of anilines is 1. The molecule has 111 valence electrons. The van der Waals surface area contributed by atoms with E-state index < -0.39 is 0 Å². The van der Waals surface area contributed by atoms with Crippen molar-refractivity contribution in [3.8, 4) is 0 Å². The van der Waals surface area contributed by atoms with Crippen LogP contribution in [-0.2, 0) is 37.4 Å². The molecule has 0 amide bonds. The number of hydrogen-bond donors (Lipinski definition) is 2. The third-order valence-corrected chi connectivity index (χ3v) is 3.80. The molecule has 3 heterocycles. The topological polar surface area (TPSA) is 98.8 Å². The minimum absolute atomic E-state index is 0. The minimum atomic E-state index is -0.330. The SMILES string of the molecule is CC[C@@H]1[CH-][C@H](n2cnc3c(=O)[nH]c(N)nc32)O[C@@H]1CC.[Y]. The van der Waals surface area contributed by atoms with Gasteiger partial charge in [-0.3, -0.25) is 16.2 Å². The van der Waals surface area contributed by atoms with Crippen molar-refractivity contribution >= 4 is 17.1 Å². The summed E-state index contributed by atoms with van der Waals surface area (Å²) in [5, 5.41) is 0. The number of aromatic amines is 1. The van der Waals surface area contributed by atoms with Crippen molar-refractivity contribution in [1.29, 1.82) is 0 Å². The number of imidazole rings is 1. The summed E-state index contributed by atoms with van der Waals surface area (Å²) in [6.45, 7) is 4.25. The molecular weight excluding hydrogens is 347 g/mol. The number of nitrogen functional groups attached to an aromatic ring is 1. The zero-order valence-electron chi connectivity index (χ0n) is 12.1. The molecule has 0 spiro atoms. The average Bonchev–Trinajstić information content (AvgIpc) is 3.01. The number of aromatic nitrogens is 4. The molecule has 1 aliphatic rings. The van der Waals surface area contributed by atoms with Crippen LogP contribution in [0.1, 0.15) is 32.9 Å². The van der Waals surface area contributed by atoms with Crippen molar-refractivity contribution in [2.24, 2.45) is 5.92 Å². The van der Waals surface area contributed by atoms with Crippen molar-refractivity contribution in [3.05, 3.63) is 23.1 Å². The second-order valence-electron chi connectivity index (χ2n) is 5.01. The van der Waals surface area contributed by atoms with Crippen LogP contribution < -0.4 is 11.3 Å². The first-order chi connectivity index (χ1) is 9.63. The number of hydrogen-bond acceptors (Lipinski definition) is 5. The maximum Gasteiger partial charge on any atom is 0.280 e. The summed E-state index contributed by atoms with van der Waals surface area (Å²) < 4.78 is 7.78. The van der Waals surface area contributed by atoms with Gasteiger partial charge in [0.05, 0.1) is 6.33 Å². The Morgan fingerprint density at radius 2 is 2.24 bits per heavy atom. The van der Waals surface area contributed by atoms with E-state index in [0.29, 0.717) is 11.6 Å². The Bertz CT molecular complexity index is 671. The molecule has 0 saturated carbocycles. The molecule has 0 bridgehead atoms. The molecule has 3 rings (SSSR count). The van der Waals surface area contributed by atoms with Crippen LogP contribution in [0.3, 0.4) is 0 Å². The van der Waals surface area contributed by atoms with Crippen molar-refractivity contribution in [1.82, 2.24) is 19.5 Å². The van der Waals surface area contributed by atoms with E-state index in [0.717, 1.165) is 12.8 Å². The van der Waals surface area contributed by atoms with Crippen LogP contribution in [0.25, 0.3) is 11.2 Å². The van der Waals surface area contributed by atoms with E-state index in [1.54, 1.807) is 10.9 Å². The molecule has 1 radical (unpaired) electrons. The van der Waals surface area contributed by atoms with E-state index in [1.807, 2.05) is 0 Å². The van der Waals surface area contributed by atoms with Gasteiger partial charge in [0, 0.05) is 45.0 Å². The van der Waals surface area contributed by atoms with Crippen LogP contribution >= 0.6 is 0 Å². The second kappa shape index (κ2) is 6.54. The van der Waals surface area contributed by atoms with Crippen molar-refractivity contribution in [2.45, 2.75) is 39.0 Å². The van der Waals surface area contributed by atoms with Crippen LogP contribution in [0.2, 0.25) is 0 Å². The third kappa shape index (κ3) is 2.91. The van der Waals surface area contributed by atoms with Crippen molar-refractivity contribution in [2.75, 3.05) is 5.73 Å². The second-order valence-corrected chi connectivity index (χ2v) is 5.01. The predicted molar refractivity (Wildman–Crippen MR) is 74.8 cm³/mol. The molecule has 0 aromatic carbocycles. The summed E-state index contributed by atoms with van der Waals surface area (Å²) in [7, 11) is 0. The van der Waals surface area contributed by atoms with Crippen LogP contribution in [0.15, 0.2) is 11.1 Å². The van der Waals surface area contributed by atoms with Crippen molar-refractivity contribution < 1.29 is 37.4 Å². The molecule has 21 heavy (non-hydrogen) atoms. The van der Waals surface area contributed by atoms with Gasteiger partial charge in [0.1, 0.15) is 0 Å². The van der Waals surface area contributed by atoms with Gasteiger partial charge in [-0.05, 0) is 6.42 Å². The van der Waals surface area contributed by atoms with Crippen molar-refractivity contribution in [3.63, 3.8) is 0 Å². The number of nitrogens with two attached hydrogens (primary N) is 1. The van der Waals surface area contributed by atoms with Crippen LogP contribution in [0.4, 0.5) is 5.95 Å². The Kier molecular flexibility index (Phi) is 5.17. The Hall–Kier alpha value is -0.786. The molecule has 0 aliphatic carbocycles. The van der Waals surface area contributed by atoms with Crippen LogP contribution in [-0.4, -0.2) is 25.6 Å². The molecule has 3 N–H and O–H groups in total. The van der Waals surface area contributed by atoms with Gasteiger partial charge in [-0.2, -0.15) is 4.98 Å². The standard InChI is InChI=1S/C13H18N5O2.Y/c1-3-7-5-9(20-8(7)4-2)18-6-15-10-11(18)16-13(14)17-12(10)19;/h5-9H,3-4H2,1-2H3,(H3,14,16,17,19);/q-1;/t7-,8-,9-;/m1./s1. The van der Waals surface area contributed by atoms with Crippen LogP contribution in [0, 0.1) is 12.3 Å². The molecule has 1 aliphatic heterocycles. The number of rotatable bonds is 3. The van der Waals surface area contributed by atoms with Gasteiger partial charge in [-0.25, -0.2) is 4.98 Å². The smallest absolute Gasteiger partial charge is 0.280 e. The number of nitrogens with one attached hydrogen (secondary N) is 1. The largest absolute Gasteiger partial charge is 0.389 e. The monoisotopic (exact) mass is 365 g/mol. The number of fused-ring (bicyclic) bond motifs is 1. The normalized spacial score (nSPS) is 25.1. The van der Waals surface area contributed by atoms with E-state index >= 15 is 0 Å². The Balaban J connectivity index is 0.00000161. The third-order valence-electron chi connectivity index (χ3n) is 3.80. The Labute approximate surface area is 147 Å². The maximum atomic E-state index is 11.8. The van der Waals surface area contributed by atoms with Gasteiger partial charge in [0.15, 0.2) is 11.2 Å². The molecule has 2 aromatic heterocycles. The van der Waals surface area contributed by atoms with Gasteiger partial charge >= 0.3 is 0 Å². The number of nitrogens with zero attached hydrogens (tertiary/aromatic N) is 3. The summed E-state index contributed by atoms with van der Waals surface area (Å²) in [5.74, 6) is 0.489. The zero-order valence-corrected chi connectivity index (χ0v) is 15.0. The zero-order chi connectivity index (χ0) is 14.3. The Morgan fingerprint density at radius 3 is 2.86 bits per heavy atom. The van der Waals surface area contributed by atoms with Gasteiger partial charge < -0.3 is 15.0 Å². The molecule has 1 fully saturated rings. The summed E-state index contributed by atoms with van der Waals surface area (Å²) in [5.41, 5.74) is 6.01. The number of H-pyrrole nitrogens is 1. The van der Waals surface area contributed by atoms with E-state index in [-0.39, 0.29) is 62.1 Å². The fraction of sp³-hybridized carbons (Fsp3) is 0.538. The first kappa shape index (κ1) is 16.6. The first-order valence-corrected chi connectivity index (χ1v) is 6.86. The van der Waals surface area contributed by atoms with E-state index in [2.05, 4.69) is 35.2 Å². The van der Waals surface area contributed by atoms with E-state index in [1.165, 1.54) is 0 Å². The Morgan fingerprint density at radius 1 is 1.48 bits per heavy atom. The minimum Gasteiger partial charge on any atom is -0.389 e. The summed E-state index contributed by atoms with van der Waals surface area (Å²) in [6.07, 6.45) is 5.66.